The summed E-state index contributed by atoms with van der Waals surface area (Å²) in [7, 11) is 0. The summed E-state index contributed by atoms with van der Waals surface area (Å²) in [5, 5.41) is 87.3. The highest BCUT2D eigenvalue weighted by Gasteiger charge is 2.51. The van der Waals surface area contributed by atoms with Crippen LogP contribution in [0.4, 0.5) is 0 Å². The average Bonchev–Trinajstić information content (AvgIpc) is 1.58. The van der Waals surface area contributed by atoms with Crippen LogP contribution in [0.15, 0.2) is 109 Å². The highest BCUT2D eigenvalue weighted by Crippen LogP contribution is 2.30. The third kappa shape index (κ3) is 42.8. The maximum Gasteiger partial charge on any atom is 0.220 e. The van der Waals surface area contributed by atoms with Gasteiger partial charge in [0.1, 0.15) is 48.8 Å². The molecule has 2 aliphatic rings. The second-order valence-corrected chi connectivity index (χ2v) is 25.0. The van der Waals surface area contributed by atoms with Gasteiger partial charge in [-0.2, -0.15) is 0 Å². The standard InChI is InChI=1S/C76H131NO13/c1-3-5-7-9-11-13-15-17-19-20-21-22-23-24-25-26-27-28-29-30-31-32-33-34-35-36-37-38-39-40-41-42-43-44-46-48-50-52-54-56-58-60-68(81)77-64(65(80)59-57-55-53-51-49-47-45-18-16-14-12-10-8-6-4-2)63-87-75-73(86)71(84)74(67(62-79)89-75)90-76-72(85)70(83)69(82)66(61-78)88-76/h5,7,11,13,17,19,21-22,24-25,27-28,30-31,33-34,57,59,64-67,69-76,78-80,82-86H,3-4,6,8-10,12,14-16,18,20,23,26,29,32,35-56,58,60-63H2,1-2H3,(H,77,81)/b7-5-,13-11-,19-17-,22-21-,25-24-,28-27-,31-30-,34-33-,59-57+. The monoisotopic (exact) mass is 1270 g/mol. The van der Waals surface area contributed by atoms with Gasteiger partial charge in [-0.25, -0.2) is 0 Å². The molecule has 0 saturated carbocycles. The SMILES string of the molecule is CC/C=C\C/C=C\C/C=C\C/C=C\C/C=C\C/C=C\C/C=C\C/C=C\CCCCCCCCCCCCCCCCCCC(=O)NC(COC1OC(CO)C(OC2OC(CO)C(O)C(O)C2O)C(O)C1O)C(O)/C=C/CCCCCCCCCCCCCCC. The van der Waals surface area contributed by atoms with E-state index in [0.29, 0.717) is 6.42 Å². The molecular formula is C76H131NO13. The number of carbonyl (C=O) groups is 1. The fourth-order valence-electron chi connectivity index (χ4n) is 11.3. The van der Waals surface area contributed by atoms with Gasteiger partial charge in [0, 0.05) is 6.42 Å². The number of allylic oxidation sites excluding steroid dienone is 17. The van der Waals surface area contributed by atoms with Gasteiger partial charge in [-0.15, -0.1) is 0 Å². The lowest BCUT2D eigenvalue weighted by molar-refractivity contribution is -0.359. The first-order valence-corrected chi connectivity index (χ1v) is 36.1. The molecule has 0 spiro atoms. The Labute approximate surface area is 546 Å². The number of aliphatic hydroxyl groups is 8. The van der Waals surface area contributed by atoms with Gasteiger partial charge >= 0.3 is 0 Å². The summed E-state index contributed by atoms with van der Waals surface area (Å²) in [5.74, 6) is -0.241. The highest BCUT2D eigenvalue weighted by atomic mass is 16.7. The number of unbranched alkanes of at least 4 members (excludes halogenated alkanes) is 29. The van der Waals surface area contributed by atoms with Crippen LogP contribution in [-0.2, 0) is 23.7 Å². The van der Waals surface area contributed by atoms with Crippen LogP contribution in [0.5, 0.6) is 0 Å². The minimum Gasteiger partial charge on any atom is -0.394 e. The first kappa shape index (κ1) is 82.7. The molecule has 0 aromatic carbocycles. The predicted octanol–water partition coefficient (Wildman–Crippen LogP) is 15.1. The third-order valence-electron chi connectivity index (χ3n) is 17.0. The number of carbonyl (C=O) groups excluding carboxylic acids is 1. The van der Waals surface area contributed by atoms with E-state index in [1.807, 2.05) is 6.08 Å². The first-order valence-electron chi connectivity index (χ1n) is 36.1. The van der Waals surface area contributed by atoms with Crippen LogP contribution in [0.1, 0.15) is 271 Å². The van der Waals surface area contributed by atoms with Gasteiger partial charge in [0.15, 0.2) is 12.6 Å². The zero-order chi connectivity index (χ0) is 65.2. The maximum atomic E-state index is 13.3. The molecule has 0 aromatic heterocycles. The van der Waals surface area contributed by atoms with Gasteiger partial charge in [-0.1, -0.05) is 290 Å². The van der Waals surface area contributed by atoms with Gasteiger partial charge in [0.2, 0.25) is 5.91 Å². The Morgan fingerprint density at radius 3 is 1.18 bits per heavy atom. The Hall–Kier alpha value is -3.35. The molecule has 0 bridgehead atoms. The number of nitrogens with one attached hydrogen (secondary N) is 1. The second-order valence-electron chi connectivity index (χ2n) is 25.0. The lowest BCUT2D eigenvalue weighted by Gasteiger charge is -2.46. The van der Waals surface area contributed by atoms with Crippen molar-refractivity contribution in [2.45, 2.75) is 344 Å². The normalized spacial score (nSPS) is 23.6. The first-order chi connectivity index (χ1) is 44.1. The van der Waals surface area contributed by atoms with Crippen molar-refractivity contribution in [2.24, 2.45) is 0 Å². The maximum absolute atomic E-state index is 13.3. The van der Waals surface area contributed by atoms with E-state index in [1.54, 1.807) is 6.08 Å². The molecule has 12 atom stereocenters. The molecule has 2 fully saturated rings. The molecule has 0 aliphatic carbocycles. The largest absolute Gasteiger partial charge is 0.394 e. The van der Waals surface area contributed by atoms with Crippen molar-refractivity contribution in [2.75, 3.05) is 19.8 Å². The summed E-state index contributed by atoms with van der Waals surface area (Å²) >= 11 is 0. The Kier molecular flexibility index (Phi) is 54.6. The van der Waals surface area contributed by atoms with Gasteiger partial charge in [-0.3, -0.25) is 4.79 Å². The second kappa shape index (κ2) is 59.4. The van der Waals surface area contributed by atoms with Crippen LogP contribution in [-0.4, -0.2) is 140 Å². The topological polar surface area (TPSA) is 228 Å². The van der Waals surface area contributed by atoms with E-state index in [2.05, 4.69) is 116 Å². The van der Waals surface area contributed by atoms with Crippen molar-refractivity contribution in [3.05, 3.63) is 109 Å². The van der Waals surface area contributed by atoms with E-state index in [4.69, 9.17) is 18.9 Å². The van der Waals surface area contributed by atoms with E-state index in [1.165, 1.54) is 154 Å². The van der Waals surface area contributed by atoms with E-state index in [-0.39, 0.29) is 18.9 Å². The molecule has 2 rings (SSSR count). The number of amides is 1. The van der Waals surface area contributed by atoms with E-state index >= 15 is 0 Å². The molecule has 12 unspecified atom stereocenters. The summed E-state index contributed by atoms with van der Waals surface area (Å²) in [5.41, 5.74) is 0. The minimum atomic E-state index is -1.79. The molecule has 2 saturated heterocycles. The molecular weight excluding hydrogens is 1130 g/mol. The summed E-state index contributed by atoms with van der Waals surface area (Å²) < 4.78 is 22.8. The molecule has 1 amide bonds. The zero-order valence-corrected chi connectivity index (χ0v) is 56.3. The molecule has 14 heteroatoms. The number of ether oxygens (including phenoxy) is 4. The summed E-state index contributed by atoms with van der Waals surface area (Å²) in [6.45, 7) is 2.69. The van der Waals surface area contributed by atoms with E-state index in [9.17, 15) is 45.6 Å². The van der Waals surface area contributed by atoms with Crippen molar-refractivity contribution >= 4 is 5.91 Å². The van der Waals surface area contributed by atoms with Gasteiger partial charge < -0.3 is 65.1 Å². The summed E-state index contributed by atoms with van der Waals surface area (Å²) in [4.78, 5) is 13.3. The van der Waals surface area contributed by atoms with Crippen molar-refractivity contribution in [3.8, 4) is 0 Å². The molecule has 0 radical (unpaired) electrons. The Morgan fingerprint density at radius 1 is 0.411 bits per heavy atom. The molecule has 9 N–H and O–H groups in total. The van der Waals surface area contributed by atoms with Crippen LogP contribution in [0.3, 0.4) is 0 Å². The highest BCUT2D eigenvalue weighted by molar-refractivity contribution is 5.76. The van der Waals surface area contributed by atoms with Crippen LogP contribution in [0.2, 0.25) is 0 Å². The molecule has 2 aliphatic heterocycles. The van der Waals surface area contributed by atoms with Crippen LogP contribution < -0.4 is 5.32 Å². The van der Waals surface area contributed by atoms with Crippen molar-refractivity contribution in [3.63, 3.8) is 0 Å². The van der Waals surface area contributed by atoms with Crippen molar-refractivity contribution in [1.82, 2.24) is 5.32 Å². The molecule has 90 heavy (non-hydrogen) atoms. The van der Waals surface area contributed by atoms with E-state index < -0.39 is 86.8 Å². The van der Waals surface area contributed by atoms with Gasteiger partial charge in [-0.05, 0) is 83.5 Å². The Balaban J connectivity index is 1.58. The van der Waals surface area contributed by atoms with Crippen molar-refractivity contribution in [1.29, 1.82) is 0 Å². The smallest absolute Gasteiger partial charge is 0.220 e. The predicted molar refractivity (Wildman–Crippen MR) is 369 cm³/mol. The van der Waals surface area contributed by atoms with Gasteiger partial charge in [0.05, 0.1) is 32.0 Å². The number of rotatable bonds is 58. The Bertz CT molecular complexity index is 1930. The third-order valence-corrected chi connectivity index (χ3v) is 17.0. The quantitative estimate of drug-likeness (QED) is 0.0204. The fraction of sp³-hybridized carbons (Fsp3) is 0.750. The number of hydrogen-bond donors (Lipinski definition) is 9. The average molecular weight is 1270 g/mol. The van der Waals surface area contributed by atoms with Crippen LogP contribution in [0, 0.1) is 0 Å². The Morgan fingerprint density at radius 2 is 0.767 bits per heavy atom. The van der Waals surface area contributed by atoms with Gasteiger partial charge in [0.25, 0.3) is 0 Å². The lowest BCUT2D eigenvalue weighted by Crippen LogP contribution is -2.65. The number of aliphatic hydroxyl groups excluding tert-OH is 8. The minimum absolute atomic E-state index is 0.241. The molecule has 0 aromatic rings. The summed E-state index contributed by atoms with van der Waals surface area (Å²) in [6.07, 6.45) is 68.7. The molecule has 518 valence electrons. The van der Waals surface area contributed by atoms with Crippen LogP contribution in [0.25, 0.3) is 0 Å². The fourth-order valence-corrected chi connectivity index (χ4v) is 11.3. The molecule has 14 nitrogen and oxygen atoms in total. The van der Waals surface area contributed by atoms with Crippen LogP contribution >= 0.6 is 0 Å². The number of hydrogen-bond acceptors (Lipinski definition) is 13. The van der Waals surface area contributed by atoms with Crippen molar-refractivity contribution < 1.29 is 64.6 Å². The lowest BCUT2D eigenvalue weighted by atomic mass is 9.97. The molecule has 2 heterocycles. The van der Waals surface area contributed by atoms with E-state index in [0.717, 1.165) is 89.9 Å². The zero-order valence-electron chi connectivity index (χ0n) is 56.3. The summed E-state index contributed by atoms with van der Waals surface area (Å²) in [6, 6.07) is -0.919.